The maximum atomic E-state index is 12.6. The third kappa shape index (κ3) is 6.03. The van der Waals surface area contributed by atoms with Crippen molar-refractivity contribution in [3.63, 3.8) is 0 Å². The van der Waals surface area contributed by atoms with Crippen LogP contribution in [0, 0.1) is 18.3 Å². The average Bonchev–Trinajstić information content (AvgIpc) is 3.25. The quantitative estimate of drug-likeness (QED) is 0.406. The molecule has 1 amide bonds. The monoisotopic (exact) mass is 526 g/mol. The minimum absolute atomic E-state index is 0.0193. The van der Waals surface area contributed by atoms with E-state index in [0.29, 0.717) is 24.5 Å². The Bertz CT molecular complexity index is 1380. The van der Waals surface area contributed by atoms with Crippen LogP contribution in [0.5, 0.6) is 11.5 Å². The number of amides is 1. The Hall–Kier alpha value is -3.44. The molecule has 9 nitrogen and oxygen atoms in total. The van der Waals surface area contributed by atoms with Crippen LogP contribution < -0.4 is 9.47 Å². The minimum atomic E-state index is -3.63. The summed E-state index contributed by atoms with van der Waals surface area (Å²) in [6, 6.07) is 14.8. The molecule has 11 heteroatoms. The molecule has 0 fully saturated rings. The van der Waals surface area contributed by atoms with E-state index in [-0.39, 0.29) is 32.6 Å². The number of nitrogens with zero attached hydrogens (tertiary/aromatic N) is 3. The van der Waals surface area contributed by atoms with Gasteiger partial charge in [-0.15, -0.1) is 5.10 Å². The molecule has 2 aromatic rings. The summed E-state index contributed by atoms with van der Waals surface area (Å²) in [6.07, 6.45) is 1.52. The van der Waals surface area contributed by atoms with Gasteiger partial charge in [-0.1, -0.05) is 38.1 Å². The van der Waals surface area contributed by atoms with Crippen molar-refractivity contribution in [2.24, 2.45) is 16.0 Å². The molecule has 0 radical (unpaired) electrons. The number of hydrazone groups is 1. The molecule has 0 aliphatic carbocycles. The maximum absolute atomic E-state index is 12.6. The van der Waals surface area contributed by atoms with Gasteiger partial charge in [0.2, 0.25) is 19.4 Å². The number of carbonyl (C=O) groups excluding carboxylic acids is 1. The second kappa shape index (κ2) is 10.7. The summed E-state index contributed by atoms with van der Waals surface area (Å²) in [5.41, 5.74) is 1.80. The number of amidine groups is 2. The predicted octanol–water partition coefficient (Wildman–Crippen LogP) is 4.10. The Morgan fingerprint density at radius 2 is 1.78 bits per heavy atom. The molecule has 2 aliphatic rings. The fraction of sp³-hybridized carbons (Fsp3) is 0.280. The average molecular weight is 527 g/mol. The Morgan fingerprint density at radius 3 is 2.44 bits per heavy atom. The molecule has 0 bridgehead atoms. The second-order valence-electron chi connectivity index (χ2n) is 8.64. The fourth-order valence-electron chi connectivity index (χ4n) is 3.46. The molecular weight excluding hydrogens is 500 g/mol. The molecule has 36 heavy (non-hydrogen) atoms. The number of fused-ring (bicyclic) bond motifs is 1. The van der Waals surface area contributed by atoms with Crippen molar-refractivity contribution in [1.29, 1.82) is 5.41 Å². The molecular formula is C25H26N4O5S2. The lowest BCUT2D eigenvalue weighted by molar-refractivity contribution is -0.114. The molecule has 4 rings (SSSR count). The second-order valence-corrected chi connectivity index (χ2v) is 11.8. The van der Waals surface area contributed by atoms with E-state index >= 15 is 0 Å². The van der Waals surface area contributed by atoms with E-state index in [1.54, 1.807) is 38.1 Å². The Morgan fingerprint density at radius 1 is 1.08 bits per heavy atom. The van der Waals surface area contributed by atoms with Crippen LogP contribution in [0.1, 0.15) is 25.0 Å². The molecule has 188 valence electrons. The maximum Gasteiger partial charge on any atom is 0.283 e. The summed E-state index contributed by atoms with van der Waals surface area (Å²) in [7, 11) is -3.63. The van der Waals surface area contributed by atoms with E-state index in [9.17, 15) is 13.2 Å². The van der Waals surface area contributed by atoms with Crippen LogP contribution in [-0.2, 0) is 14.6 Å². The van der Waals surface area contributed by atoms with Gasteiger partial charge in [0.05, 0.1) is 11.3 Å². The van der Waals surface area contributed by atoms with Gasteiger partial charge in [-0.25, -0.2) is 8.42 Å². The first-order chi connectivity index (χ1) is 17.1. The van der Waals surface area contributed by atoms with Gasteiger partial charge < -0.3 is 9.47 Å². The molecule has 0 unspecified atom stereocenters. The number of rotatable bonds is 8. The Kier molecular flexibility index (Phi) is 7.60. The number of benzene rings is 2. The first-order valence-corrected chi connectivity index (χ1v) is 13.7. The summed E-state index contributed by atoms with van der Waals surface area (Å²) < 4.78 is 36.3. The van der Waals surface area contributed by atoms with Crippen LogP contribution >= 0.6 is 11.8 Å². The van der Waals surface area contributed by atoms with E-state index in [2.05, 4.69) is 10.1 Å². The van der Waals surface area contributed by atoms with Gasteiger partial charge in [-0.2, -0.15) is 10.0 Å². The zero-order chi connectivity index (χ0) is 25.9. The van der Waals surface area contributed by atoms with E-state index in [4.69, 9.17) is 14.9 Å². The van der Waals surface area contributed by atoms with Crippen LogP contribution in [-0.4, -0.2) is 53.7 Å². The lowest BCUT2D eigenvalue weighted by Gasteiger charge is -2.20. The van der Waals surface area contributed by atoms with Crippen molar-refractivity contribution in [1.82, 2.24) is 5.01 Å². The normalized spacial score (nSPS) is 16.8. The van der Waals surface area contributed by atoms with E-state index in [1.165, 1.54) is 6.08 Å². The van der Waals surface area contributed by atoms with Gasteiger partial charge >= 0.3 is 0 Å². The number of hydrogen-bond acceptors (Lipinski definition) is 8. The zero-order valence-corrected chi connectivity index (χ0v) is 21.7. The highest BCUT2D eigenvalue weighted by molar-refractivity contribution is 8.42. The number of ether oxygens (including phenoxy) is 2. The molecule has 1 N–H and O–H groups in total. The lowest BCUT2D eigenvalue weighted by Crippen LogP contribution is -2.35. The largest absolute Gasteiger partial charge is 0.490 e. The fourth-order valence-corrected chi connectivity index (χ4v) is 6.25. The first-order valence-electron chi connectivity index (χ1n) is 11.3. The number of aryl methyl sites for hydroxylation is 1. The van der Waals surface area contributed by atoms with Crippen molar-refractivity contribution in [2.75, 3.05) is 19.0 Å². The number of nitrogens with one attached hydrogen (secondary N) is 1. The van der Waals surface area contributed by atoms with Gasteiger partial charge in [0.15, 0.2) is 5.84 Å². The molecule has 2 aromatic carbocycles. The van der Waals surface area contributed by atoms with Crippen LogP contribution in [0.4, 0.5) is 0 Å². The number of hydrogen-bond donors (Lipinski definition) is 1. The summed E-state index contributed by atoms with van der Waals surface area (Å²) in [5, 5.41) is 13.7. The topological polar surface area (TPSA) is 121 Å². The minimum Gasteiger partial charge on any atom is -0.490 e. The van der Waals surface area contributed by atoms with Crippen molar-refractivity contribution >= 4 is 49.0 Å². The Labute approximate surface area is 214 Å². The number of aliphatic imine (C=N–C) groups is 1. The SMILES string of the molecule is Cc1cccc(OCCOc2ccc(/C=C3\C(=N)N4N=C(S(=O)(=O)CC(C)C)SC4=NC3=O)cc2)c1. The molecule has 0 atom stereocenters. The number of carbonyl (C=O) groups is 1. The van der Waals surface area contributed by atoms with E-state index in [0.717, 1.165) is 28.1 Å². The first kappa shape index (κ1) is 25.6. The summed E-state index contributed by atoms with van der Waals surface area (Å²) in [5.74, 6) is 0.427. The van der Waals surface area contributed by atoms with E-state index < -0.39 is 15.7 Å². The zero-order valence-electron chi connectivity index (χ0n) is 20.1. The third-order valence-electron chi connectivity index (χ3n) is 5.06. The summed E-state index contributed by atoms with van der Waals surface area (Å²) in [6.45, 7) is 6.35. The number of sulfone groups is 1. The highest BCUT2D eigenvalue weighted by Gasteiger charge is 2.39. The molecule has 0 saturated carbocycles. The smallest absolute Gasteiger partial charge is 0.283 e. The molecule has 0 saturated heterocycles. The van der Waals surface area contributed by atoms with Gasteiger partial charge in [0, 0.05) is 0 Å². The summed E-state index contributed by atoms with van der Waals surface area (Å²) in [4.78, 5) is 16.5. The Balaban J connectivity index is 1.39. The van der Waals surface area contributed by atoms with Crippen LogP contribution in [0.25, 0.3) is 6.08 Å². The van der Waals surface area contributed by atoms with Gasteiger partial charge in [0.25, 0.3) is 5.91 Å². The molecule has 2 heterocycles. The summed E-state index contributed by atoms with van der Waals surface area (Å²) >= 11 is 0.792. The lowest BCUT2D eigenvalue weighted by atomic mass is 10.1. The van der Waals surface area contributed by atoms with E-state index in [1.807, 2.05) is 31.2 Å². The van der Waals surface area contributed by atoms with Gasteiger partial charge in [-0.3, -0.25) is 10.2 Å². The predicted molar refractivity (Wildman–Crippen MR) is 142 cm³/mol. The van der Waals surface area contributed by atoms with Crippen molar-refractivity contribution in [2.45, 2.75) is 20.8 Å². The van der Waals surface area contributed by atoms with Crippen molar-refractivity contribution < 1.29 is 22.7 Å². The highest BCUT2D eigenvalue weighted by Crippen LogP contribution is 2.31. The third-order valence-corrected chi connectivity index (χ3v) is 8.49. The van der Waals surface area contributed by atoms with Crippen molar-refractivity contribution in [3.05, 3.63) is 65.2 Å². The van der Waals surface area contributed by atoms with Crippen LogP contribution in [0.15, 0.2) is 64.2 Å². The van der Waals surface area contributed by atoms with Gasteiger partial charge in [-0.05, 0) is 66.1 Å². The molecule has 0 spiro atoms. The molecule has 0 aromatic heterocycles. The van der Waals surface area contributed by atoms with Crippen LogP contribution in [0.2, 0.25) is 0 Å². The highest BCUT2D eigenvalue weighted by atomic mass is 32.3. The molecule has 2 aliphatic heterocycles. The van der Waals surface area contributed by atoms with Gasteiger partial charge in [0.1, 0.15) is 24.7 Å². The standard InChI is InChI=1S/C25H26N4O5S2/c1-16(2)15-36(31,32)25-28-29-22(26)21(23(30)27-24(29)35-25)14-18-7-9-19(10-8-18)33-11-12-34-20-6-4-5-17(3)13-20/h4-10,13-14,16,26H,11-12,15H2,1-3H3/b21-14+,26-22?. The van der Waals surface area contributed by atoms with Crippen LogP contribution in [0.3, 0.4) is 0 Å². The number of thioether (sulfide) groups is 1. The van der Waals surface area contributed by atoms with Crippen molar-refractivity contribution in [3.8, 4) is 11.5 Å².